The molecule has 0 spiro atoms. The van der Waals surface area contributed by atoms with Gasteiger partial charge in [0.1, 0.15) is 0 Å². The molecule has 7 nitrogen and oxygen atoms in total. The van der Waals surface area contributed by atoms with Gasteiger partial charge in [0, 0.05) is 24.2 Å². The van der Waals surface area contributed by atoms with E-state index in [1.807, 2.05) is 13.8 Å². The lowest BCUT2D eigenvalue weighted by atomic mass is 9.96. The molecule has 0 saturated heterocycles. The first-order chi connectivity index (χ1) is 9.52. The summed E-state index contributed by atoms with van der Waals surface area (Å²) < 4.78 is 5.22. The molecule has 0 aliphatic rings. The Kier molecular flexibility index (Phi) is 4.09. The number of hydrogen-bond acceptors (Lipinski definition) is 6. The minimum atomic E-state index is -0.457. The summed E-state index contributed by atoms with van der Waals surface area (Å²) in [6.45, 7) is 4.46. The van der Waals surface area contributed by atoms with Crippen LogP contribution in [0, 0.1) is 16.0 Å². The van der Waals surface area contributed by atoms with Gasteiger partial charge < -0.3 is 10.3 Å². The molecule has 0 bridgehead atoms. The van der Waals surface area contributed by atoms with E-state index >= 15 is 0 Å². The van der Waals surface area contributed by atoms with Gasteiger partial charge in [-0.15, -0.1) is 0 Å². The molecule has 0 amide bonds. The first-order valence-electron chi connectivity index (χ1n) is 6.31. The van der Waals surface area contributed by atoms with Crippen molar-refractivity contribution in [2.24, 2.45) is 11.7 Å². The lowest BCUT2D eigenvalue weighted by Gasteiger charge is -2.13. The smallest absolute Gasteiger partial charge is 0.270 e. The fraction of sp³-hybridized carbons (Fsp3) is 0.385. The number of hydrogen-bond donors (Lipinski definition) is 1. The lowest BCUT2D eigenvalue weighted by molar-refractivity contribution is -0.384. The molecular formula is C13H16N4O3. The molecule has 106 valence electrons. The molecule has 0 aliphatic heterocycles. The summed E-state index contributed by atoms with van der Waals surface area (Å²) in [5.74, 6) is 1.06. The molecule has 2 N–H and O–H groups in total. The fourth-order valence-corrected chi connectivity index (χ4v) is 1.92. The third-order valence-corrected chi connectivity index (χ3v) is 3.13. The van der Waals surface area contributed by atoms with Gasteiger partial charge in [0.15, 0.2) is 0 Å². The molecule has 1 aromatic carbocycles. The Morgan fingerprint density at radius 1 is 1.45 bits per heavy atom. The minimum absolute atomic E-state index is 0.00640. The minimum Gasteiger partial charge on any atom is -0.339 e. The Bertz CT molecular complexity index is 609. The average molecular weight is 276 g/mol. The molecule has 20 heavy (non-hydrogen) atoms. The van der Waals surface area contributed by atoms with Crippen LogP contribution in [0.3, 0.4) is 0 Å². The Morgan fingerprint density at radius 2 is 2.20 bits per heavy atom. The van der Waals surface area contributed by atoms with Crippen molar-refractivity contribution in [2.45, 2.75) is 19.8 Å². The van der Waals surface area contributed by atoms with Gasteiger partial charge in [0.2, 0.25) is 11.7 Å². The van der Waals surface area contributed by atoms with Gasteiger partial charge in [0.25, 0.3) is 5.69 Å². The van der Waals surface area contributed by atoms with Gasteiger partial charge in [0.05, 0.1) is 10.8 Å². The highest BCUT2D eigenvalue weighted by Gasteiger charge is 2.21. The number of nitrogens with two attached hydrogens (primary N) is 1. The summed E-state index contributed by atoms with van der Waals surface area (Å²) in [4.78, 5) is 14.6. The Balaban J connectivity index is 2.33. The molecule has 0 aliphatic carbocycles. The number of nitrogens with zero attached hydrogens (tertiary/aromatic N) is 3. The molecule has 1 atom stereocenters. The Hall–Kier alpha value is -2.28. The maximum atomic E-state index is 10.8. The second kappa shape index (κ2) is 5.79. The van der Waals surface area contributed by atoms with E-state index in [2.05, 4.69) is 10.1 Å². The predicted octanol–water partition coefficient (Wildman–Crippen LogP) is 2.34. The van der Waals surface area contributed by atoms with Crippen LogP contribution in [0.15, 0.2) is 28.8 Å². The van der Waals surface area contributed by atoms with Crippen LogP contribution in [-0.4, -0.2) is 21.6 Å². The average Bonchev–Trinajstić information content (AvgIpc) is 2.89. The van der Waals surface area contributed by atoms with E-state index in [0.717, 1.165) is 0 Å². The molecular weight excluding hydrogens is 260 g/mol. The van der Waals surface area contributed by atoms with Crippen molar-refractivity contribution in [3.63, 3.8) is 0 Å². The van der Waals surface area contributed by atoms with Gasteiger partial charge in [-0.1, -0.05) is 31.1 Å². The summed E-state index contributed by atoms with van der Waals surface area (Å²) in [5, 5.41) is 14.6. The van der Waals surface area contributed by atoms with Crippen molar-refractivity contribution in [1.82, 2.24) is 10.1 Å². The van der Waals surface area contributed by atoms with E-state index in [-0.39, 0.29) is 17.5 Å². The van der Waals surface area contributed by atoms with E-state index in [1.54, 1.807) is 12.1 Å². The summed E-state index contributed by atoms with van der Waals surface area (Å²) in [5.41, 5.74) is 6.24. The van der Waals surface area contributed by atoms with Gasteiger partial charge in [-0.3, -0.25) is 10.1 Å². The number of aromatic nitrogens is 2. The SMILES string of the molecule is CC(C)C(CN)c1nc(-c2cccc([N+](=O)[O-])c2)no1. The summed E-state index contributed by atoms with van der Waals surface area (Å²) in [7, 11) is 0. The van der Waals surface area contributed by atoms with Crippen molar-refractivity contribution >= 4 is 5.69 Å². The molecule has 1 unspecified atom stereocenters. The highest BCUT2D eigenvalue weighted by Crippen LogP contribution is 2.26. The highest BCUT2D eigenvalue weighted by molar-refractivity contribution is 5.58. The second-order valence-corrected chi connectivity index (χ2v) is 4.85. The largest absolute Gasteiger partial charge is 0.339 e. The molecule has 7 heteroatoms. The molecule has 0 saturated carbocycles. The van der Waals surface area contributed by atoms with Gasteiger partial charge in [-0.25, -0.2) is 0 Å². The second-order valence-electron chi connectivity index (χ2n) is 4.85. The van der Waals surface area contributed by atoms with E-state index in [1.165, 1.54) is 12.1 Å². The molecule has 0 radical (unpaired) electrons. The predicted molar refractivity (Wildman–Crippen MR) is 73.0 cm³/mol. The first-order valence-corrected chi connectivity index (χ1v) is 6.31. The number of rotatable bonds is 5. The van der Waals surface area contributed by atoms with Gasteiger partial charge >= 0.3 is 0 Å². The van der Waals surface area contributed by atoms with E-state index < -0.39 is 4.92 Å². The number of benzene rings is 1. The molecule has 1 heterocycles. The van der Waals surface area contributed by atoms with Crippen molar-refractivity contribution in [1.29, 1.82) is 0 Å². The molecule has 2 aromatic rings. The van der Waals surface area contributed by atoms with Crippen molar-refractivity contribution in [3.8, 4) is 11.4 Å². The van der Waals surface area contributed by atoms with Crippen LogP contribution in [0.4, 0.5) is 5.69 Å². The third kappa shape index (κ3) is 2.83. The van der Waals surface area contributed by atoms with Crippen LogP contribution >= 0.6 is 0 Å². The molecule has 1 aromatic heterocycles. The topological polar surface area (TPSA) is 108 Å². The van der Waals surface area contributed by atoms with E-state index in [4.69, 9.17) is 10.3 Å². The normalized spacial score (nSPS) is 12.6. The zero-order valence-corrected chi connectivity index (χ0v) is 11.3. The van der Waals surface area contributed by atoms with Crippen LogP contribution in [0.1, 0.15) is 25.7 Å². The lowest BCUT2D eigenvalue weighted by Crippen LogP contribution is -2.18. The van der Waals surface area contributed by atoms with E-state index in [9.17, 15) is 10.1 Å². The Morgan fingerprint density at radius 3 is 2.80 bits per heavy atom. The third-order valence-electron chi connectivity index (χ3n) is 3.13. The Labute approximate surface area is 115 Å². The maximum Gasteiger partial charge on any atom is 0.270 e. The van der Waals surface area contributed by atoms with Crippen LogP contribution in [0.25, 0.3) is 11.4 Å². The van der Waals surface area contributed by atoms with Crippen LogP contribution < -0.4 is 5.73 Å². The zero-order valence-electron chi connectivity index (χ0n) is 11.3. The molecule has 0 fully saturated rings. The number of nitro benzene ring substituents is 1. The van der Waals surface area contributed by atoms with E-state index in [0.29, 0.717) is 23.8 Å². The molecule has 2 rings (SSSR count). The van der Waals surface area contributed by atoms with Crippen molar-refractivity contribution in [3.05, 3.63) is 40.3 Å². The van der Waals surface area contributed by atoms with Crippen LogP contribution in [0.5, 0.6) is 0 Å². The quantitative estimate of drug-likeness (QED) is 0.663. The standard InChI is InChI=1S/C13H16N4O3/c1-8(2)11(7-14)13-15-12(16-20-13)9-4-3-5-10(6-9)17(18)19/h3-6,8,11H,7,14H2,1-2H3. The fourth-order valence-electron chi connectivity index (χ4n) is 1.92. The highest BCUT2D eigenvalue weighted by atomic mass is 16.6. The van der Waals surface area contributed by atoms with Crippen molar-refractivity contribution in [2.75, 3.05) is 6.54 Å². The zero-order chi connectivity index (χ0) is 14.7. The summed E-state index contributed by atoms with van der Waals surface area (Å²) in [6.07, 6.45) is 0. The number of nitro groups is 1. The van der Waals surface area contributed by atoms with Gasteiger partial charge in [-0.05, 0) is 5.92 Å². The van der Waals surface area contributed by atoms with Crippen LogP contribution in [-0.2, 0) is 0 Å². The van der Waals surface area contributed by atoms with Crippen molar-refractivity contribution < 1.29 is 9.45 Å². The monoisotopic (exact) mass is 276 g/mol. The first kappa shape index (κ1) is 14.1. The summed E-state index contributed by atoms with van der Waals surface area (Å²) >= 11 is 0. The summed E-state index contributed by atoms with van der Waals surface area (Å²) in [6, 6.07) is 6.13. The van der Waals surface area contributed by atoms with Crippen LogP contribution in [0.2, 0.25) is 0 Å². The van der Waals surface area contributed by atoms with Gasteiger partial charge in [-0.2, -0.15) is 4.98 Å². The maximum absolute atomic E-state index is 10.8. The number of non-ortho nitro benzene ring substituents is 1.